The van der Waals surface area contributed by atoms with E-state index in [1.807, 2.05) is 6.08 Å². The molecule has 0 saturated carbocycles. The second-order valence-electron chi connectivity index (χ2n) is 5.65. The molecule has 1 amide bonds. The molecule has 0 aromatic heterocycles. The van der Waals surface area contributed by atoms with E-state index in [0.29, 0.717) is 22.2 Å². The standard InChI is InChI=1S/C18H21Cl2N3O2/c1-3-4-13-10-14(11-21-13)22-18(24)8-7-17(23-25-2)12-5-6-15(19)16(20)9-12/h5-6,9-11,13H,3-4,7-8H2,1-2H3,(H,22,24)/b23-17+. The van der Waals surface area contributed by atoms with Crippen LogP contribution in [-0.2, 0) is 9.63 Å². The van der Waals surface area contributed by atoms with Crippen LogP contribution in [0, 0.1) is 0 Å². The zero-order valence-electron chi connectivity index (χ0n) is 14.3. The average Bonchev–Trinajstić information content (AvgIpc) is 3.01. The quantitative estimate of drug-likeness (QED) is 0.536. The third kappa shape index (κ3) is 5.87. The monoisotopic (exact) mass is 381 g/mol. The second kappa shape index (κ2) is 9.59. The van der Waals surface area contributed by atoms with Gasteiger partial charge in [-0.05, 0) is 24.6 Å². The minimum Gasteiger partial charge on any atom is -0.399 e. The molecular weight excluding hydrogens is 361 g/mol. The summed E-state index contributed by atoms with van der Waals surface area (Å²) in [4.78, 5) is 21.4. The van der Waals surface area contributed by atoms with Gasteiger partial charge in [0.05, 0.1) is 27.5 Å². The predicted molar refractivity (Wildman–Crippen MR) is 103 cm³/mol. The topological polar surface area (TPSA) is 63.0 Å². The Morgan fingerprint density at radius 3 is 2.80 bits per heavy atom. The minimum atomic E-state index is -0.0984. The molecule has 1 N–H and O–H groups in total. The van der Waals surface area contributed by atoms with Crippen molar-refractivity contribution in [3.63, 3.8) is 0 Å². The molecule has 0 fully saturated rings. The summed E-state index contributed by atoms with van der Waals surface area (Å²) in [6.45, 7) is 2.11. The lowest BCUT2D eigenvalue weighted by atomic mass is 10.1. The van der Waals surface area contributed by atoms with Crippen molar-refractivity contribution in [3.05, 3.63) is 45.6 Å². The van der Waals surface area contributed by atoms with Crippen LogP contribution in [-0.4, -0.2) is 31.0 Å². The van der Waals surface area contributed by atoms with Crippen LogP contribution in [0.3, 0.4) is 0 Å². The SMILES string of the molecule is CCCC1C=C(NC(=O)CC/C(=N\OC)c2ccc(Cl)c(Cl)c2)C=N1. The van der Waals surface area contributed by atoms with Gasteiger partial charge in [-0.1, -0.05) is 47.8 Å². The maximum Gasteiger partial charge on any atom is 0.224 e. The van der Waals surface area contributed by atoms with Gasteiger partial charge in [-0.2, -0.15) is 0 Å². The van der Waals surface area contributed by atoms with Gasteiger partial charge in [-0.3, -0.25) is 9.79 Å². The first-order valence-corrected chi connectivity index (χ1v) is 8.89. The summed E-state index contributed by atoms with van der Waals surface area (Å²) in [6.07, 6.45) is 6.41. The fourth-order valence-electron chi connectivity index (χ4n) is 2.48. The van der Waals surface area contributed by atoms with E-state index in [-0.39, 0.29) is 18.4 Å². The Kier molecular flexibility index (Phi) is 7.47. The van der Waals surface area contributed by atoms with Gasteiger partial charge < -0.3 is 10.2 Å². The van der Waals surface area contributed by atoms with Crippen molar-refractivity contribution < 1.29 is 9.63 Å². The molecule has 25 heavy (non-hydrogen) atoms. The van der Waals surface area contributed by atoms with E-state index >= 15 is 0 Å². The summed E-state index contributed by atoms with van der Waals surface area (Å²) in [7, 11) is 1.46. The molecule has 0 bridgehead atoms. The summed E-state index contributed by atoms with van der Waals surface area (Å²) in [5.74, 6) is -0.0984. The first kappa shape index (κ1) is 19.5. The molecule has 2 rings (SSSR count). The van der Waals surface area contributed by atoms with Gasteiger partial charge >= 0.3 is 0 Å². The van der Waals surface area contributed by atoms with Crippen molar-refractivity contribution >= 4 is 41.0 Å². The largest absolute Gasteiger partial charge is 0.399 e. The molecular formula is C18H21Cl2N3O2. The number of nitrogens with zero attached hydrogens (tertiary/aromatic N) is 2. The Labute approximate surface area is 157 Å². The fraction of sp³-hybridized carbons (Fsp3) is 0.389. The third-order valence-electron chi connectivity index (χ3n) is 3.69. The van der Waals surface area contributed by atoms with Crippen LogP contribution in [0.1, 0.15) is 38.2 Å². The molecule has 0 saturated heterocycles. The number of nitrogens with one attached hydrogen (secondary N) is 1. The molecule has 134 valence electrons. The van der Waals surface area contributed by atoms with Crippen LogP contribution in [0.2, 0.25) is 10.0 Å². The van der Waals surface area contributed by atoms with Gasteiger partial charge in [0, 0.05) is 24.6 Å². The molecule has 0 radical (unpaired) electrons. The molecule has 5 nitrogen and oxygen atoms in total. The van der Waals surface area contributed by atoms with Crippen LogP contribution in [0.15, 0.2) is 40.1 Å². The zero-order valence-corrected chi connectivity index (χ0v) is 15.8. The summed E-state index contributed by atoms with van der Waals surface area (Å²) >= 11 is 12.0. The number of oxime groups is 1. The smallest absolute Gasteiger partial charge is 0.224 e. The Balaban J connectivity index is 1.94. The summed E-state index contributed by atoms with van der Waals surface area (Å²) in [6, 6.07) is 5.37. The Morgan fingerprint density at radius 1 is 1.32 bits per heavy atom. The van der Waals surface area contributed by atoms with Crippen molar-refractivity contribution in [2.24, 2.45) is 10.1 Å². The van der Waals surface area contributed by atoms with E-state index in [1.54, 1.807) is 24.4 Å². The number of benzene rings is 1. The van der Waals surface area contributed by atoms with Crippen molar-refractivity contribution in [3.8, 4) is 0 Å². The van der Waals surface area contributed by atoms with Crippen molar-refractivity contribution in [2.45, 2.75) is 38.6 Å². The first-order chi connectivity index (χ1) is 12.0. The van der Waals surface area contributed by atoms with Crippen molar-refractivity contribution in [1.29, 1.82) is 0 Å². The van der Waals surface area contributed by atoms with E-state index < -0.39 is 0 Å². The van der Waals surface area contributed by atoms with Crippen LogP contribution >= 0.6 is 23.2 Å². The number of hydrogen-bond acceptors (Lipinski definition) is 4. The highest BCUT2D eigenvalue weighted by atomic mass is 35.5. The summed E-state index contributed by atoms with van der Waals surface area (Å²) in [5.41, 5.74) is 2.16. The number of rotatable bonds is 8. The van der Waals surface area contributed by atoms with Gasteiger partial charge in [-0.15, -0.1) is 0 Å². The van der Waals surface area contributed by atoms with Crippen molar-refractivity contribution in [2.75, 3.05) is 7.11 Å². The molecule has 7 heteroatoms. The van der Waals surface area contributed by atoms with Crippen molar-refractivity contribution in [1.82, 2.24) is 5.32 Å². The Morgan fingerprint density at radius 2 is 2.12 bits per heavy atom. The highest BCUT2D eigenvalue weighted by molar-refractivity contribution is 6.42. The van der Waals surface area contributed by atoms with E-state index in [1.165, 1.54) is 7.11 Å². The van der Waals surface area contributed by atoms with Crippen LogP contribution in [0.25, 0.3) is 0 Å². The van der Waals surface area contributed by atoms with E-state index in [4.69, 9.17) is 28.0 Å². The highest BCUT2D eigenvalue weighted by Gasteiger charge is 2.14. The maximum atomic E-state index is 12.2. The van der Waals surface area contributed by atoms with Crippen LogP contribution in [0.4, 0.5) is 0 Å². The molecule has 0 aliphatic carbocycles. The predicted octanol–water partition coefficient (Wildman–Crippen LogP) is 4.38. The number of halogens is 2. The lowest BCUT2D eigenvalue weighted by Gasteiger charge is -2.08. The lowest BCUT2D eigenvalue weighted by molar-refractivity contribution is -0.120. The fourth-order valence-corrected chi connectivity index (χ4v) is 2.78. The molecule has 1 aromatic carbocycles. The Bertz CT molecular complexity index is 714. The number of carbonyl (C=O) groups is 1. The molecule has 1 unspecified atom stereocenters. The van der Waals surface area contributed by atoms with E-state index in [9.17, 15) is 4.79 Å². The molecule has 1 aliphatic rings. The molecule has 1 aromatic rings. The molecule has 1 heterocycles. The van der Waals surface area contributed by atoms with Crippen LogP contribution < -0.4 is 5.32 Å². The minimum absolute atomic E-state index is 0.0984. The third-order valence-corrected chi connectivity index (χ3v) is 4.43. The normalized spacial score (nSPS) is 16.7. The summed E-state index contributed by atoms with van der Waals surface area (Å²) < 4.78 is 0. The number of carbonyl (C=O) groups excluding carboxylic acids is 1. The van der Waals surface area contributed by atoms with Gasteiger partial charge in [-0.25, -0.2) is 0 Å². The number of amides is 1. The maximum absolute atomic E-state index is 12.2. The van der Waals surface area contributed by atoms with Gasteiger partial charge in [0.1, 0.15) is 7.11 Å². The molecule has 1 aliphatic heterocycles. The highest BCUT2D eigenvalue weighted by Crippen LogP contribution is 2.23. The number of allylic oxidation sites excluding steroid dienone is 1. The first-order valence-electron chi connectivity index (χ1n) is 8.13. The summed E-state index contributed by atoms with van der Waals surface area (Å²) in [5, 5.41) is 7.76. The lowest BCUT2D eigenvalue weighted by Crippen LogP contribution is -2.23. The zero-order chi connectivity index (χ0) is 18.2. The average molecular weight is 382 g/mol. The Hall–Kier alpha value is -1.85. The molecule has 0 spiro atoms. The van der Waals surface area contributed by atoms with Gasteiger partial charge in [0.15, 0.2) is 0 Å². The van der Waals surface area contributed by atoms with E-state index in [2.05, 4.69) is 22.4 Å². The van der Waals surface area contributed by atoms with Gasteiger partial charge in [0.2, 0.25) is 5.91 Å². The molecule has 1 atom stereocenters. The number of aliphatic imine (C=N–C) groups is 1. The van der Waals surface area contributed by atoms with Gasteiger partial charge in [0.25, 0.3) is 0 Å². The van der Waals surface area contributed by atoms with E-state index in [0.717, 1.165) is 24.1 Å². The number of hydrogen-bond donors (Lipinski definition) is 1. The van der Waals surface area contributed by atoms with Crippen LogP contribution in [0.5, 0.6) is 0 Å². The second-order valence-corrected chi connectivity index (χ2v) is 6.47.